The number of carbonyl (C=O) groups excluding carboxylic acids is 1. The smallest absolute Gasteiger partial charge is 0.270 e. The Morgan fingerprint density at radius 3 is 2.53 bits per heavy atom. The van der Waals surface area contributed by atoms with Crippen molar-refractivity contribution in [1.29, 1.82) is 0 Å². The van der Waals surface area contributed by atoms with Crippen LogP contribution in [0.25, 0.3) is 10.8 Å². The van der Waals surface area contributed by atoms with Crippen LogP contribution in [0.1, 0.15) is 46.7 Å². The summed E-state index contributed by atoms with van der Waals surface area (Å²) < 4.78 is 54.7. The van der Waals surface area contributed by atoms with Gasteiger partial charge in [0.1, 0.15) is 5.69 Å². The molecule has 0 bridgehead atoms. The number of carbonyl (C=O) groups is 1. The molecule has 1 atom stereocenters. The van der Waals surface area contributed by atoms with Crippen LogP contribution in [-0.4, -0.2) is 33.7 Å². The van der Waals surface area contributed by atoms with Gasteiger partial charge in [-0.2, -0.15) is 0 Å². The average Bonchev–Trinajstić information content (AvgIpc) is 3.10. The zero-order valence-electron chi connectivity index (χ0n) is 16.3. The van der Waals surface area contributed by atoms with E-state index in [0.717, 1.165) is 12.1 Å². The second-order valence-corrected chi connectivity index (χ2v) is 7.70. The first-order chi connectivity index (χ1) is 14.1. The first-order valence-corrected chi connectivity index (χ1v) is 9.43. The average molecular weight is 421 g/mol. The largest absolute Gasteiger partial charge is 0.354 e. The second kappa shape index (κ2) is 7.00. The van der Waals surface area contributed by atoms with E-state index in [2.05, 4.69) is 9.97 Å². The van der Waals surface area contributed by atoms with Gasteiger partial charge in [0, 0.05) is 31.8 Å². The van der Waals surface area contributed by atoms with E-state index in [9.17, 15) is 27.2 Å². The number of halogens is 4. The van der Waals surface area contributed by atoms with Gasteiger partial charge in [-0.1, -0.05) is 0 Å². The van der Waals surface area contributed by atoms with Crippen LogP contribution in [0.4, 0.5) is 17.6 Å². The summed E-state index contributed by atoms with van der Waals surface area (Å²) in [6.45, 7) is 1.67. The van der Waals surface area contributed by atoms with Crippen molar-refractivity contribution in [3.8, 4) is 0 Å². The topological polar surface area (TPSA) is 69.0 Å². The van der Waals surface area contributed by atoms with Gasteiger partial charge in [-0.3, -0.25) is 9.59 Å². The number of aromatic amines is 2. The highest BCUT2D eigenvalue weighted by atomic mass is 19.3. The van der Waals surface area contributed by atoms with Crippen LogP contribution in [-0.2, 0) is 12.8 Å². The molecular weight excluding hydrogens is 402 g/mol. The lowest BCUT2D eigenvalue weighted by atomic mass is 9.94. The van der Waals surface area contributed by atoms with Gasteiger partial charge >= 0.3 is 0 Å². The highest BCUT2D eigenvalue weighted by Crippen LogP contribution is 2.34. The summed E-state index contributed by atoms with van der Waals surface area (Å²) in [6.07, 6.45) is 0.827. The number of benzene rings is 1. The lowest BCUT2D eigenvalue weighted by Crippen LogP contribution is -2.30. The number of hydrogen-bond acceptors (Lipinski definition) is 2. The third-order valence-electron chi connectivity index (χ3n) is 5.74. The Labute approximate surface area is 168 Å². The number of rotatable bonds is 3. The zero-order valence-corrected chi connectivity index (χ0v) is 16.3. The molecule has 0 aliphatic heterocycles. The maximum atomic E-state index is 13.8. The molecule has 9 heteroatoms. The summed E-state index contributed by atoms with van der Waals surface area (Å²) in [5.74, 6) is -5.48. The molecule has 2 N–H and O–H groups in total. The quantitative estimate of drug-likeness (QED) is 0.626. The molecule has 1 aliphatic carbocycles. The third-order valence-corrected chi connectivity index (χ3v) is 5.74. The normalized spacial score (nSPS) is 16.3. The van der Waals surface area contributed by atoms with Crippen LogP contribution in [0.3, 0.4) is 0 Å². The lowest BCUT2D eigenvalue weighted by Gasteiger charge is -2.26. The van der Waals surface area contributed by atoms with Crippen molar-refractivity contribution >= 4 is 16.7 Å². The molecule has 2 aromatic heterocycles. The molecule has 3 aromatic rings. The summed E-state index contributed by atoms with van der Waals surface area (Å²) in [5.41, 5.74) is 1.06. The monoisotopic (exact) mass is 421 g/mol. The van der Waals surface area contributed by atoms with Crippen molar-refractivity contribution in [1.82, 2.24) is 14.9 Å². The predicted molar refractivity (Wildman–Crippen MR) is 103 cm³/mol. The number of pyridine rings is 1. The number of aryl methyl sites for hydroxylation is 1. The molecule has 158 valence electrons. The Balaban J connectivity index is 1.68. The Bertz CT molecular complexity index is 1210. The fourth-order valence-electron chi connectivity index (χ4n) is 3.90. The van der Waals surface area contributed by atoms with Crippen molar-refractivity contribution in [2.24, 2.45) is 0 Å². The Hall–Kier alpha value is -3.10. The zero-order chi connectivity index (χ0) is 21.8. The maximum Gasteiger partial charge on any atom is 0.270 e. The molecule has 30 heavy (non-hydrogen) atoms. The molecule has 4 rings (SSSR count). The maximum absolute atomic E-state index is 13.8. The second-order valence-electron chi connectivity index (χ2n) is 7.70. The van der Waals surface area contributed by atoms with Crippen molar-refractivity contribution < 1.29 is 22.4 Å². The van der Waals surface area contributed by atoms with Gasteiger partial charge in [-0.15, -0.1) is 0 Å². The summed E-state index contributed by atoms with van der Waals surface area (Å²) in [5, 5.41) is 0.159. The van der Waals surface area contributed by atoms with Crippen molar-refractivity contribution in [3.63, 3.8) is 0 Å². The van der Waals surface area contributed by atoms with E-state index in [-0.39, 0.29) is 29.3 Å². The highest BCUT2D eigenvalue weighted by molar-refractivity contribution is 5.94. The first-order valence-electron chi connectivity index (χ1n) is 9.43. The van der Waals surface area contributed by atoms with E-state index in [1.165, 1.54) is 24.2 Å². The first kappa shape index (κ1) is 20.2. The van der Waals surface area contributed by atoms with Gasteiger partial charge in [-0.25, -0.2) is 17.6 Å². The molecule has 0 radical (unpaired) electrons. The van der Waals surface area contributed by atoms with Gasteiger partial charge in [-0.05, 0) is 48.1 Å². The molecule has 0 saturated heterocycles. The molecule has 0 fully saturated rings. The molecule has 1 aliphatic rings. The van der Waals surface area contributed by atoms with Crippen molar-refractivity contribution in [2.75, 3.05) is 7.05 Å². The van der Waals surface area contributed by atoms with Crippen LogP contribution in [0.5, 0.6) is 0 Å². The molecule has 1 aromatic carbocycles. The molecule has 1 amide bonds. The number of aromatic nitrogens is 2. The van der Waals surface area contributed by atoms with E-state index < -0.39 is 41.5 Å². The van der Waals surface area contributed by atoms with Crippen LogP contribution in [0.15, 0.2) is 29.2 Å². The van der Waals surface area contributed by atoms with E-state index in [0.29, 0.717) is 16.8 Å². The van der Waals surface area contributed by atoms with Crippen LogP contribution < -0.4 is 5.56 Å². The standard InChI is InChI=1S/C21H19F4N3O2/c1-10(14-9-26-19(29)13-7-16(23)15(22)6-12(13)14)28(2)20(30)18-5-11-8-21(24,25)4-3-17(11)27-18/h5-7,9-10,27H,3-4,8H2,1-2H3,(H,26,29)/t10-/m0/s1. The van der Waals surface area contributed by atoms with E-state index >= 15 is 0 Å². The summed E-state index contributed by atoms with van der Waals surface area (Å²) in [7, 11) is 1.51. The number of amides is 1. The Morgan fingerprint density at radius 1 is 1.17 bits per heavy atom. The molecule has 5 nitrogen and oxygen atoms in total. The molecule has 0 spiro atoms. The fourth-order valence-corrected chi connectivity index (χ4v) is 3.90. The fraction of sp³-hybridized carbons (Fsp3) is 0.333. The summed E-state index contributed by atoms with van der Waals surface area (Å²) in [4.78, 5) is 31.7. The number of nitrogens with one attached hydrogen (secondary N) is 2. The van der Waals surface area contributed by atoms with Gasteiger partial charge < -0.3 is 14.9 Å². The van der Waals surface area contributed by atoms with E-state index in [1.807, 2.05) is 0 Å². The van der Waals surface area contributed by atoms with Gasteiger partial charge in [0.15, 0.2) is 11.6 Å². The minimum absolute atomic E-state index is 0.0309. The van der Waals surface area contributed by atoms with Crippen molar-refractivity contribution in [3.05, 3.63) is 68.9 Å². The molecule has 2 heterocycles. The Morgan fingerprint density at radius 2 is 1.83 bits per heavy atom. The minimum Gasteiger partial charge on any atom is -0.354 e. The summed E-state index contributed by atoms with van der Waals surface area (Å²) in [6, 6.07) is 2.57. The number of nitrogens with zero attached hydrogens (tertiary/aromatic N) is 1. The minimum atomic E-state index is -2.79. The molecular formula is C21H19F4N3O2. The van der Waals surface area contributed by atoms with Crippen molar-refractivity contribution in [2.45, 2.75) is 38.2 Å². The highest BCUT2D eigenvalue weighted by Gasteiger charge is 2.36. The molecule has 0 saturated carbocycles. The van der Waals surface area contributed by atoms with Gasteiger partial charge in [0.25, 0.3) is 17.4 Å². The predicted octanol–water partition coefficient (Wildman–Crippen LogP) is 4.09. The van der Waals surface area contributed by atoms with Crippen LogP contribution >= 0.6 is 0 Å². The van der Waals surface area contributed by atoms with Crippen LogP contribution in [0, 0.1) is 11.6 Å². The Kier molecular flexibility index (Phi) is 4.71. The SMILES string of the molecule is C[C@@H](c1c[nH]c(=O)c2cc(F)c(F)cc12)N(C)C(=O)c1cc2c([nH]1)CCC(F)(F)C2. The van der Waals surface area contributed by atoms with Crippen LogP contribution in [0.2, 0.25) is 0 Å². The van der Waals surface area contributed by atoms with E-state index in [4.69, 9.17) is 0 Å². The van der Waals surface area contributed by atoms with Gasteiger partial charge in [0.2, 0.25) is 0 Å². The third kappa shape index (κ3) is 3.38. The number of hydrogen-bond donors (Lipinski definition) is 2. The summed E-state index contributed by atoms with van der Waals surface area (Å²) >= 11 is 0. The number of alkyl halides is 2. The molecule has 0 unspecified atom stereocenters. The van der Waals surface area contributed by atoms with E-state index in [1.54, 1.807) is 6.92 Å². The lowest BCUT2D eigenvalue weighted by molar-refractivity contribution is -0.0124. The number of H-pyrrole nitrogens is 2. The number of fused-ring (bicyclic) bond motifs is 2. The van der Waals surface area contributed by atoms with Gasteiger partial charge in [0.05, 0.1) is 11.4 Å².